The lowest BCUT2D eigenvalue weighted by molar-refractivity contribution is -0.160. The highest BCUT2D eigenvalue weighted by molar-refractivity contribution is 6.57. The first-order valence-corrected chi connectivity index (χ1v) is 7.85. The normalized spacial score (nSPS) is 13.7. The molecule has 0 aromatic carbocycles. The topological polar surface area (TPSA) is 47.6 Å². The molecule has 4 nitrogen and oxygen atoms in total. The number of alkyl carbamates (subject to hydrolysis) is 1. The quantitative estimate of drug-likeness (QED) is 0.603. The molecule has 0 saturated carbocycles. The van der Waals surface area contributed by atoms with Gasteiger partial charge in [-0.3, -0.25) is 5.32 Å². The Hall–Kier alpha value is -0.763. The van der Waals surface area contributed by atoms with Crippen LogP contribution in [0.3, 0.4) is 0 Å². The first kappa shape index (κ1) is 15.2. The molecule has 0 aliphatic carbocycles. The Balaban J connectivity index is 4.00. The van der Waals surface area contributed by atoms with Crippen molar-refractivity contribution in [2.75, 3.05) is 13.2 Å². The van der Waals surface area contributed by atoms with Crippen molar-refractivity contribution in [2.24, 2.45) is 0 Å². The van der Waals surface area contributed by atoms with Crippen LogP contribution in [0.5, 0.6) is 0 Å². The summed E-state index contributed by atoms with van der Waals surface area (Å²) < 4.78 is 44.4. The van der Waals surface area contributed by atoms with Gasteiger partial charge >= 0.3 is 12.3 Å². The van der Waals surface area contributed by atoms with Crippen molar-refractivity contribution in [1.82, 2.24) is 5.32 Å². The van der Waals surface area contributed by atoms with Gasteiger partial charge in [-0.25, -0.2) is 4.79 Å². The third kappa shape index (κ3) is 7.52. The van der Waals surface area contributed by atoms with Crippen LogP contribution in [0.4, 0.5) is 18.0 Å². The molecule has 1 N–H and O–H groups in total. The molecule has 0 aliphatic heterocycles. The molecular formula is C8H16F3NO3Si. The van der Waals surface area contributed by atoms with E-state index in [2.05, 4.69) is 10.1 Å². The van der Waals surface area contributed by atoms with Crippen molar-refractivity contribution in [3.8, 4) is 0 Å². The molecule has 0 aliphatic rings. The zero-order valence-electron chi connectivity index (χ0n) is 9.43. The van der Waals surface area contributed by atoms with Gasteiger partial charge in [-0.2, -0.15) is 13.2 Å². The Kier molecular flexibility index (Phi) is 6.42. The second-order valence-electron chi connectivity index (χ2n) is 3.46. The molecule has 0 bridgehead atoms. The van der Waals surface area contributed by atoms with Gasteiger partial charge in [-0.05, 0) is 6.92 Å². The van der Waals surface area contributed by atoms with E-state index >= 15 is 0 Å². The van der Waals surface area contributed by atoms with Gasteiger partial charge < -0.3 is 9.47 Å². The molecule has 0 rings (SSSR count). The van der Waals surface area contributed by atoms with Gasteiger partial charge in [-0.1, -0.05) is 13.1 Å². The minimum Gasteiger partial charge on any atom is -0.440 e. The van der Waals surface area contributed by atoms with Crippen LogP contribution < -0.4 is 5.32 Å². The average Bonchev–Trinajstić information content (AvgIpc) is 2.13. The summed E-state index contributed by atoms with van der Waals surface area (Å²) in [4.78, 5) is 11.0. The van der Waals surface area contributed by atoms with E-state index in [1.165, 1.54) is 0 Å². The number of alkyl halides is 3. The lowest BCUT2D eigenvalue weighted by Crippen LogP contribution is -2.46. The monoisotopic (exact) mass is 259 g/mol. The smallest absolute Gasteiger partial charge is 0.422 e. The Labute approximate surface area is 93.7 Å². The van der Waals surface area contributed by atoms with E-state index in [4.69, 9.17) is 4.74 Å². The van der Waals surface area contributed by atoms with Crippen molar-refractivity contribution >= 4 is 14.9 Å². The SMILES string of the molecule is CCOC(NC(=O)OCC(F)(F)F)[SiH](C)C. The Morgan fingerprint density at radius 3 is 2.38 bits per heavy atom. The van der Waals surface area contributed by atoms with Crippen LogP contribution in [0.15, 0.2) is 0 Å². The van der Waals surface area contributed by atoms with Crippen LogP contribution in [-0.4, -0.2) is 40.1 Å². The van der Waals surface area contributed by atoms with Gasteiger partial charge in [0.15, 0.2) is 6.61 Å². The highest BCUT2D eigenvalue weighted by Crippen LogP contribution is 2.14. The largest absolute Gasteiger partial charge is 0.440 e. The first-order valence-electron chi connectivity index (χ1n) is 4.88. The van der Waals surface area contributed by atoms with E-state index in [9.17, 15) is 18.0 Å². The van der Waals surface area contributed by atoms with Crippen molar-refractivity contribution in [3.63, 3.8) is 0 Å². The highest BCUT2D eigenvalue weighted by Gasteiger charge is 2.30. The van der Waals surface area contributed by atoms with Crippen LogP contribution in [0, 0.1) is 0 Å². The molecule has 0 spiro atoms. The average molecular weight is 259 g/mol. The minimum atomic E-state index is -4.51. The lowest BCUT2D eigenvalue weighted by Gasteiger charge is -2.21. The number of carbonyl (C=O) groups excluding carboxylic acids is 1. The molecule has 0 heterocycles. The summed E-state index contributed by atoms with van der Waals surface area (Å²) in [5.74, 6) is -0.509. The fourth-order valence-corrected chi connectivity index (χ4v) is 1.93. The van der Waals surface area contributed by atoms with Gasteiger partial charge in [0.25, 0.3) is 0 Å². The number of amides is 1. The van der Waals surface area contributed by atoms with Crippen LogP contribution >= 0.6 is 0 Å². The molecule has 0 fully saturated rings. The number of ether oxygens (including phenoxy) is 2. The summed E-state index contributed by atoms with van der Waals surface area (Å²) in [7, 11) is -1.34. The predicted octanol–water partition coefficient (Wildman–Crippen LogP) is 1.66. The van der Waals surface area contributed by atoms with E-state index in [0.29, 0.717) is 6.61 Å². The summed E-state index contributed by atoms with van der Waals surface area (Å²) in [5, 5.41) is 2.27. The number of carbonyl (C=O) groups is 1. The molecule has 1 unspecified atom stereocenters. The number of halogens is 3. The number of nitrogens with one attached hydrogen (secondary N) is 1. The number of hydrogen-bond donors (Lipinski definition) is 1. The Bertz CT molecular complexity index is 223. The molecule has 0 aromatic rings. The first-order chi connectivity index (χ1) is 7.26. The zero-order chi connectivity index (χ0) is 12.8. The van der Waals surface area contributed by atoms with E-state index in [1.807, 2.05) is 13.1 Å². The minimum absolute atomic E-state index is 0.384. The van der Waals surface area contributed by atoms with Crippen LogP contribution in [0.1, 0.15) is 6.92 Å². The van der Waals surface area contributed by atoms with Crippen LogP contribution in [0.25, 0.3) is 0 Å². The summed E-state index contributed by atoms with van der Waals surface area (Å²) in [6, 6.07) is 0. The predicted molar refractivity (Wildman–Crippen MR) is 54.8 cm³/mol. The van der Waals surface area contributed by atoms with Crippen molar-refractivity contribution in [3.05, 3.63) is 0 Å². The van der Waals surface area contributed by atoms with Crippen LogP contribution in [0.2, 0.25) is 13.1 Å². The second kappa shape index (κ2) is 6.74. The third-order valence-electron chi connectivity index (χ3n) is 1.58. The molecule has 1 amide bonds. The fraction of sp³-hybridized carbons (Fsp3) is 0.875. The summed E-state index contributed by atoms with van der Waals surface area (Å²) >= 11 is 0. The molecule has 96 valence electrons. The maximum absolute atomic E-state index is 11.7. The molecule has 1 atom stereocenters. The molecule has 0 saturated heterocycles. The number of rotatable bonds is 5. The molecule has 16 heavy (non-hydrogen) atoms. The zero-order valence-corrected chi connectivity index (χ0v) is 10.6. The third-order valence-corrected chi connectivity index (χ3v) is 3.15. The van der Waals surface area contributed by atoms with E-state index < -0.39 is 33.5 Å². The van der Waals surface area contributed by atoms with Gasteiger partial charge in [-0.15, -0.1) is 0 Å². The van der Waals surface area contributed by atoms with E-state index in [0.717, 1.165) is 0 Å². The maximum Gasteiger partial charge on any atom is 0.422 e. The van der Waals surface area contributed by atoms with Gasteiger partial charge in [0.1, 0.15) is 5.85 Å². The molecule has 0 aromatic heterocycles. The van der Waals surface area contributed by atoms with E-state index in [1.54, 1.807) is 6.92 Å². The van der Waals surface area contributed by atoms with Crippen molar-refractivity contribution in [2.45, 2.75) is 32.0 Å². The maximum atomic E-state index is 11.7. The van der Waals surface area contributed by atoms with E-state index in [-0.39, 0.29) is 0 Å². The Morgan fingerprint density at radius 1 is 1.44 bits per heavy atom. The molecular weight excluding hydrogens is 243 g/mol. The van der Waals surface area contributed by atoms with Crippen molar-refractivity contribution < 1.29 is 27.4 Å². The fourth-order valence-electron chi connectivity index (χ4n) is 0.886. The molecule has 0 radical (unpaired) electrons. The Morgan fingerprint density at radius 2 is 2.00 bits per heavy atom. The summed E-state index contributed by atoms with van der Waals surface area (Å²) in [6.07, 6.45) is -5.61. The standard InChI is InChI=1S/C8H16F3NO3Si/c1-4-14-7(16(2)3)12-6(13)15-5-8(9,10)11/h7,16H,4-5H2,1-3H3,(H,12,13). The highest BCUT2D eigenvalue weighted by atomic mass is 28.3. The van der Waals surface area contributed by atoms with Gasteiger partial charge in [0.05, 0.1) is 8.80 Å². The lowest BCUT2D eigenvalue weighted by atomic mass is 10.7. The second-order valence-corrected chi connectivity index (χ2v) is 6.55. The van der Waals surface area contributed by atoms with Crippen molar-refractivity contribution in [1.29, 1.82) is 0 Å². The summed E-state index contributed by atoms with van der Waals surface area (Å²) in [6.45, 7) is 4.36. The number of hydrogen-bond acceptors (Lipinski definition) is 3. The molecule has 8 heteroatoms. The summed E-state index contributed by atoms with van der Waals surface area (Å²) in [5.41, 5.74) is 0. The van der Waals surface area contributed by atoms with Crippen LogP contribution in [-0.2, 0) is 9.47 Å². The van der Waals surface area contributed by atoms with Gasteiger partial charge in [0.2, 0.25) is 0 Å². The van der Waals surface area contributed by atoms with Gasteiger partial charge in [0, 0.05) is 6.61 Å².